The maximum absolute atomic E-state index is 13.8. The number of ether oxygens (including phenoxy) is 1. The number of nitrogens with zero attached hydrogens (tertiary/aromatic N) is 3. The van der Waals surface area contributed by atoms with Crippen LogP contribution in [0.3, 0.4) is 0 Å². The lowest BCUT2D eigenvalue weighted by Gasteiger charge is -2.35. The highest BCUT2D eigenvalue weighted by atomic mass is 32.1. The number of hydrogen-bond acceptors (Lipinski definition) is 5. The smallest absolute Gasteiger partial charge is 0.191 e. The molecule has 0 amide bonds. The molecule has 158 valence electrons. The quantitative estimate of drug-likeness (QED) is 0.509. The van der Waals surface area contributed by atoms with Gasteiger partial charge in [0.2, 0.25) is 0 Å². The number of aryl methyl sites for hydroxylation is 1. The summed E-state index contributed by atoms with van der Waals surface area (Å²) < 4.78 is 19.3. The van der Waals surface area contributed by atoms with E-state index in [4.69, 9.17) is 4.74 Å². The molecule has 1 aromatic carbocycles. The van der Waals surface area contributed by atoms with Crippen molar-refractivity contribution in [2.45, 2.75) is 32.9 Å². The molecular weight excluding hydrogens is 389 g/mol. The predicted octanol–water partition coefficient (Wildman–Crippen LogP) is 2.97. The lowest BCUT2D eigenvalue weighted by atomic mass is 10.0. The summed E-state index contributed by atoms with van der Waals surface area (Å²) in [6.07, 6.45) is 2.92. The number of benzene rings is 1. The van der Waals surface area contributed by atoms with Gasteiger partial charge in [-0.2, -0.15) is 0 Å². The van der Waals surface area contributed by atoms with E-state index in [1.54, 1.807) is 23.5 Å². The van der Waals surface area contributed by atoms with Crippen molar-refractivity contribution >= 4 is 17.3 Å². The normalized spacial score (nSPS) is 16.6. The first-order valence-electron chi connectivity index (χ1n) is 10.2. The molecule has 8 heteroatoms. The van der Waals surface area contributed by atoms with Gasteiger partial charge in [0, 0.05) is 37.3 Å². The zero-order valence-corrected chi connectivity index (χ0v) is 18.0. The van der Waals surface area contributed by atoms with Crippen LogP contribution in [0.2, 0.25) is 0 Å². The van der Waals surface area contributed by atoms with Gasteiger partial charge in [-0.3, -0.25) is 4.90 Å². The van der Waals surface area contributed by atoms with E-state index in [-0.39, 0.29) is 11.9 Å². The zero-order valence-electron chi connectivity index (χ0n) is 17.2. The van der Waals surface area contributed by atoms with E-state index < -0.39 is 0 Å². The van der Waals surface area contributed by atoms with Crippen LogP contribution < -0.4 is 10.6 Å². The minimum Gasteiger partial charge on any atom is -0.379 e. The van der Waals surface area contributed by atoms with E-state index in [2.05, 4.69) is 32.4 Å². The van der Waals surface area contributed by atoms with Crippen LogP contribution in [0.4, 0.5) is 4.39 Å². The Kier molecular flexibility index (Phi) is 8.39. The summed E-state index contributed by atoms with van der Waals surface area (Å²) in [6.45, 7) is 9.17. The van der Waals surface area contributed by atoms with Crippen LogP contribution in [0.25, 0.3) is 0 Å². The highest BCUT2D eigenvalue weighted by Crippen LogP contribution is 2.22. The maximum Gasteiger partial charge on any atom is 0.191 e. The first kappa shape index (κ1) is 21.7. The van der Waals surface area contributed by atoms with Crippen LogP contribution in [0, 0.1) is 5.82 Å². The molecule has 0 spiro atoms. The second kappa shape index (κ2) is 11.2. The molecule has 1 atom stereocenters. The molecule has 0 aliphatic carbocycles. The van der Waals surface area contributed by atoms with Crippen molar-refractivity contribution in [3.63, 3.8) is 0 Å². The molecule has 1 unspecified atom stereocenters. The van der Waals surface area contributed by atoms with Gasteiger partial charge in [-0.15, -0.1) is 11.3 Å². The van der Waals surface area contributed by atoms with Gasteiger partial charge in [-0.25, -0.2) is 14.4 Å². The molecule has 1 aromatic heterocycles. The molecule has 1 aliphatic rings. The third-order valence-corrected chi connectivity index (χ3v) is 5.98. The first-order chi connectivity index (χ1) is 14.2. The van der Waals surface area contributed by atoms with Crippen LogP contribution >= 0.6 is 11.3 Å². The number of guanidine groups is 1. The molecular formula is C21H30FN5OS. The minimum absolute atomic E-state index is 0.0463. The molecule has 6 nitrogen and oxygen atoms in total. The Balaban J connectivity index is 1.69. The number of hydrogen-bond donors (Lipinski definition) is 2. The Morgan fingerprint density at radius 1 is 1.31 bits per heavy atom. The fourth-order valence-corrected chi connectivity index (χ4v) is 4.11. The molecule has 2 heterocycles. The van der Waals surface area contributed by atoms with Crippen molar-refractivity contribution in [2.75, 3.05) is 39.4 Å². The summed E-state index contributed by atoms with van der Waals surface area (Å²) in [4.78, 5) is 12.7. The van der Waals surface area contributed by atoms with E-state index in [9.17, 15) is 4.39 Å². The number of rotatable bonds is 8. The number of nitrogens with one attached hydrogen (secondary N) is 2. The minimum atomic E-state index is -0.211. The predicted molar refractivity (Wildman–Crippen MR) is 116 cm³/mol. The lowest BCUT2D eigenvalue weighted by molar-refractivity contribution is 0.0169. The van der Waals surface area contributed by atoms with Crippen molar-refractivity contribution in [2.24, 2.45) is 4.99 Å². The highest BCUT2D eigenvalue weighted by Gasteiger charge is 2.23. The molecule has 0 bridgehead atoms. The van der Waals surface area contributed by atoms with Crippen LogP contribution in [0.15, 0.2) is 35.5 Å². The van der Waals surface area contributed by atoms with Gasteiger partial charge in [0.1, 0.15) is 10.8 Å². The molecule has 29 heavy (non-hydrogen) atoms. The van der Waals surface area contributed by atoms with Crippen molar-refractivity contribution in [3.8, 4) is 0 Å². The monoisotopic (exact) mass is 419 g/mol. The third-order valence-electron chi connectivity index (χ3n) is 4.85. The number of morpholine rings is 1. The largest absolute Gasteiger partial charge is 0.379 e. The van der Waals surface area contributed by atoms with Crippen LogP contribution in [0.5, 0.6) is 0 Å². The first-order valence-corrected chi connectivity index (χ1v) is 11.0. The molecule has 1 aliphatic heterocycles. The third kappa shape index (κ3) is 6.48. The standard InChI is InChI=1S/C21H30FN5OS/c1-3-18-13-24-20(29-18)15-26-21(23-4-2)25-14-19(27-8-10-28-11-9-27)16-6-5-7-17(22)12-16/h5-7,12-13,19H,3-4,8-11,14-15H2,1-2H3,(H2,23,25,26). The van der Waals surface area contributed by atoms with E-state index in [1.807, 2.05) is 19.2 Å². The maximum atomic E-state index is 13.8. The average molecular weight is 420 g/mol. The molecule has 1 saturated heterocycles. The van der Waals surface area contributed by atoms with E-state index >= 15 is 0 Å². The fourth-order valence-electron chi connectivity index (χ4n) is 3.33. The number of halogens is 1. The Labute approximate surface area is 176 Å². The second-order valence-electron chi connectivity index (χ2n) is 6.87. The second-order valence-corrected chi connectivity index (χ2v) is 8.07. The Morgan fingerprint density at radius 3 is 2.83 bits per heavy atom. The Morgan fingerprint density at radius 2 is 2.14 bits per heavy atom. The number of aromatic nitrogens is 1. The summed E-state index contributed by atoms with van der Waals surface area (Å²) in [6, 6.07) is 6.90. The van der Waals surface area contributed by atoms with Gasteiger partial charge in [0.15, 0.2) is 5.96 Å². The van der Waals surface area contributed by atoms with Gasteiger partial charge < -0.3 is 15.4 Å². The van der Waals surface area contributed by atoms with Gasteiger partial charge in [0.25, 0.3) is 0 Å². The highest BCUT2D eigenvalue weighted by molar-refractivity contribution is 7.11. The van der Waals surface area contributed by atoms with E-state index in [0.717, 1.165) is 42.6 Å². The summed E-state index contributed by atoms with van der Waals surface area (Å²) >= 11 is 1.70. The van der Waals surface area contributed by atoms with Crippen LogP contribution in [-0.2, 0) is 17.7 Å². The van der Waals surface area contributed by atoms with Crippen molar-refractivity contribution < 1.29 is 9.13 Å². The number of aliphatic imine (C=N–C) groups is 1. The van der Waals surface area contributed by atoms with E-state index in [0.29, 0.717) is 26.3 Å². The summed E-state index contributed by atoms with van der Waals surface area (Å²) in [5.41, 5.74) is 0.961. The summed E-state index contributed by atoms with van der Waals surface area (Å²) in [5, 5.41) is 7.74. The van der Waals surface area contributed by atoms with Crippen LogP contribution in [-0.4, -0.2) is 55.2 Å². The van der Waals surface area contributed by atoms with Gasteiger partial charge in [-0.1, -0.05) is 19.1 Å². The molecule has 0 saturated carbocycles. The van der Waals surface area contributed by atoms with E-state index in [1.165, 1.54) is 10.9 Å². The molecule has 2 N–H and O–H groups in total. The molecule has 2 aromatic rings. The Hall–Kier alpha value is -2.03. The average Bonchev–Trinajstić information content (AvgIpc) is 3.21. The van der Waals surface area contributed by atoms with Crippen LogP contribution in [0.1, 0.15) is 35.3 Å². The summed E-state index contributed by atoms with van der Waals surface area (Å²) in [5.74, 6) is 0.534. The fraction of sp³-hybridized carbons (Fsp3) is 0.524. The molecule has 3 rings (SSSR count). The SMILES string of the molecule is CCNC(=NCc1ncc(CC)s1)NCC(c1cccc(F)c1)N1CCOCC1. The topological polar surface area (TPSA) is 61.8 Å². The summed E-state index contributed by atoms with van der Waals surface area (Å²) in [7, 11) is 0. The van der Waals surface area contributed by atoms with Crippen molar-refractivity contribution in [1.82, 2.24) is 20.5 Å². The van der Waals surface area contributed by atoms with Gasteiger partial charge in [-0.05, 0) is 31.0 Å². The molecule has 1 fully saturated rings. The Bertz CT molecular complexity index is 791. The molecule has 0 radical (unpaired) electrons. The number of thiazole rings is 1. The zero-order chi connectivity index (χ0) is 20.5. The lowest BCUT2D eigenvalue weighted by Crippen LogP contribution is -2.46. The van der Waals surface area contributed by atoms with Crippen molar-refractivity contribution in [3.05, 3.63) is 51.7 Å². The van der Waals surface area contributed by atoms with Gasteiger partial charge in [0.05, 0.1) is 25.8 Å². The van der Waals surface area contributed by atoms with Crippen molar-refractivity contribution in [1.29, 1.82) is 0 Å². The van der Waals surface area contributed by atoms with Gasteiger partial charge >= 0.3 is 0 Å².